The van der Waals surface area contributed by atoms with E-state index in [0.717, 1.165) is 0 Å². The number of anilines is 1. The van der Waals surface area contributed by atoms with Crippen LogP contribution in [0.3, 0.4) is 0 Å². The molecule has 0 atom stereocenters. The van der Waals surface area contributed by atoms with Gasteiger partial charge in [0.25, 0.3) is 0 Å². The van der Waals surface area contributed by atoms with Gasteiger partial charge in [0.2, 0.25) is 0 Å². The van der Waals surface area contributed by atoms with Crippen LogP contribution in [0.25, 0.3) is 0 Å². The second-order valence-electron chi connectivity index (χ2n) is 3.52. The normalized spacial score (nSPS) is 9.37. The zero-order valence-electron chi connectivity index (χ0n) is 9.87. The maximum atomic E-state index is 12.0. The number of carbonyl (C=O) groups is 1. The van der Waals surface area contributed by atoms with Gasteiger partial charge in [0.05, 0.1) is 6.54 Å². The van der Waals surface area contributed by atoms with Crippen LogP contribution in [0.5, 0.6) is 0 Å². The monoisotopic (exact) mass is 316 g/mol. The second kappa shape index (κ2) is 7.96. The number of halogens is 3. The molecule has 0 aliphatic heterocycles. The highest BCUT2D eigenvalue weighted by atomic mass is 35.5. The molecule has 0 heterocycles. The highest BCUT2D eigenvalue weighted by molar-refractivity contribution is 6.55. The molecule has 0 saturated heterocycles. The lowest BCUT2D eigenvalue weighted by Crippen LogP contribution is -2.35. The maximum Gasteiger partial charge on any atom is 0.322 e. The number of hydrogen-bond acceptors (Lipinski definition) is 1. The van der Waals surface area contributed by atoms with Crippen molar-refractivity contribution in [2.45, 2.75) is 0 Å². The molecule has 0 aliphatic rings. The van der Waals surface area contributed by atoms with E-state index in [4.69, 9.17) is 41.2 Å². The van der Waals surface area contributed by atoms with E-state index in [0.29, 0.717) is 10.7 Å². The standard InChI is InChI=1S/C13H11Cl3N2O/c1-2-7-18(8-6-12(15)16)13(19)17-11-5-3-4-10(14)9-11/h1,3-6,9H,7-8H2,(H,17,19). The largest absolute Gasteiger partial charge is 0.322 e. The van der Waals surface area contributed by atoms with Crippen LogP contribution in [0.15, 0.2) is 34.8 Å². The SMILES string of the molecule is C#CCN(CC=C(Cl)Cl)C(=O)Nc1cccc(Cl)c1. The molecule has 0 bridgehead atoms. The molecule has 1 N–H and O–H groups in total. The Morgan fingerprint density at radius 1 is 1.47 bits per heavy atom. The molecule has 100 valence electrons. The molecule has 3 nitrogen and oxygen atoms in total. The summed E-state index contributed by atoms with van der Waals surface area (Å²) in [5.74, 6) is 2.39. The Balaban J connectivity index is 2.72. The van der Waals surface area contributed by atoms with Crippen molar-refractivity contribution in [3.05, 3.63) is 39.9 Å². The first-order valence-corrected chi connectivity index (χ1v) is 6.42. The number of benzene rings is 1. The first-order chi connectivity index (χ1) is 9.02. The molecular formula is C13H11Cl3N2O. The van der Waals surface area contributed by atoms with Gasteiger partial charge in [0.15, 0.2) is 0 Å². The molecule has 0 spiro atoms. The smallest absolute Gasteiger partial charge is 0.310 e. The second-order valence-corrected chi connectivity index (χ2v) is 4.96. The molecule has 19 heavy (non-hydrogen) atoms. The molecule has 0 aliphatic carbocycles. The van der Waals surface area contributed by atoms with E-state index in [9.17, 15) is 4.79 Å². The minimum absolute atomic E-state index is 0.0811. The van der Waals surface area contributed by atoms with E-state index in [1.165, 1.54) is 11.0 Å². The van der Waals surface area contributed by atoms with Crippen molar-refractivity contribution >= 4 is 46.5 Å². The molecule has 1 rings (SSSR count). The highest BCUT2D eigenvalue weighted by Gasteiger charge is 2.11. The molecule has 1 aromatic carbocycles. The van der Waals surface area contributed by atoms with Gasteiger partial charge < -0.3 is 10.2 Å². The average molecular weight is 318 g/mol. The van der Waals surface area contributed by atoms with Crippen LogP contribution in [0, 0.1) is 12.3 Å². The van der Waals surface area contributed by atoms with Gasteiger partial charge in [0, 0.05) is 17.3 Å². The number of rotatable bonds is 4. The summed E-state index contributed by atoms with van der Waals surface area (Å²) in [5.41, 5.74) is 0.584. The quantitative estimate of drug-likeness (QED) is 0.832. The Morgan fingerprint density at radius 3 is 2.79 bits per heavy atom. The van der Waals surface area contributed by atoms with Crippen LogP contribution >= 0.6 is 34.8 Å². The number of amides is 2. The van der Waals surface area contributed by atoms with Crippen LogP contribution in [-0.2, 0) is 0 Å². The van der Waals surface area contributed by atoms with E-state index in [-0.39, 0.29) is 23.6 Å². The predicted octanol–water partition coefficient (Wildman–Crippen LogP) is 4.13. The third-order valence-corrected chi connectivity index (χ3v) is 2.65. The van der Waals surface area contributed by atoms with E-state index in [2.05, 4.69) is 11.2 Å². The van der Waals surface area contributed by atoms with E-state index >= 15 is 0 Å². The average Bonchev–Trinajstić information content (AvgIpc) is 2.34. The fraction of sp³-hybridized carbons (Fsp3) is 0.154. The number of urea groups is 1. The van der Waals surface area contributed by atoms with Gasteiger partial charge in [-0.15, -0.1) is 6.42 Å². The zero-order chi connectivity index (χ0) is 14.3. The molecule has 0 saturated carbocycles. The Morgan fingerprint density at radius 2 is 2.21 bits per heavy atom. The van der Waals surface area contributed by atoms with Gasteiger partial charge in [-0.1, -0.05) is 46.8 Å². The van der Waals surface area contributed by atoms with Crippen molar-refractivity contribution in [3.8, 4) is 12.3 Å². The lowest BCUT2D eigenvalue weighted by molar-refractivity contribution is 0.222. The summed E-state index contributed by atoms with van der Waals surface area (Å²) >= 11 is 16.8. The fourth-order valence-electron chi connectivity index (χ4n) is 1.28. The minimum Gasteiger partial charge on any atom is -0.310 e. The van der Waals surface area contributed by atoms with Gasteiger partial charge in [-0.25, -0.2) is 4.79 Å². The summed E-state index contributed by atoms with van der Waals surface area (Å²) in [6.45, 7) is 0.364. The van der Waals surface area contributed by atoms with Crippen molar-refractivity contribution in [1.29, 1.82) is 0 Å². The fourth-order valence-corrected chi connectivity index (χ4v) is 1.61. The molecular weight excluding hydrogens is 307 g/mol. The molecule has 0 aromatic heterocycles. The van der Waals surface area contributed by atoms with Crippen molar-refractivity contribution in [2.24, 2.45) is 0 Å². The van der Waals surface area contributed by atoms with E-state index < -0.39 is 0 Å². The van der Waals surface area contributed by atoms with Crippen molar-refractivity contribution in [3.63, 3.8) is 0 Å². The minimum atomic E-state index is -0.356. The van der Waals surface area contributed by atoms with Crippen LogP contribution in [0.4, 0.5) is 10.5 Å². The summed E-state index contributed by atoms with van der Waals surface area (Å²) in [6, 6.07) is 6.46. The van der Waals surface area contributed by atoms with E-state index in [1.54, 1.807) is 24.3 Å². The molecule has 2 amide bonds. The Labute approximate surface area is 127 Å². The van der Waals surface area contributed by atoms with Gasteiger partial charge in [-0.2, -0.15) is 0 Å². The summed E-state index contributed by atoms with van der Waals surface area (Å²) in [5, 5.41) is 3.22. The maximum absolute atomic E-state index is 12.0. The lowest BCUT2D eigenvalue weighted by atomic mass is 10.3. The summed E-state index contributed by atoms with van der Waals surface area (Å²) < 4.78 is 0.0811. The Bertz CT molecular complexity index is 519. The summed E-state index contributed by atoms with van der Waals surface area (Å²) in [7, 11) is 0. The number of nitrogens with zero attached hydrogens (tertiary/aromatic N) is 1. The number of hydrogen-bond donors (Lipinski definition) is 1. The Kier molecular flexibility index (Phi) is 6.58. The first-order valence-electron chi connectivity index (χ1n) is 5.29. The first kappa shape index (κ1) is 15.7. The molecule has 6 heteroatoms. The van der Waals surface area contributed by atoms with Crippen LogP contribution in [-0.4, -0.2) is 24.0 Å². The van der Waals surface area contributed by atoms with Crippen molar-refractivity contribution < 1.29 is 4.79 Å². The third-order valence-electron chi connectivity index (χ3n) is 2.11. The van der Waals surface area contributed by atoms with Crippen LogP contribution < -0.4 is 5.32 Å². The van der Waals surface area contributed by atoms with Gasteiger partial charge in [-0.05, 0) is 24.3 Å². The summed E-state index contributed by atoms with van der Waals surface area (Å²) in [6.07, 6.45) is 6.70. The third kappa shape index (κ3) is 5.89. The molecule has 0 unspecified atom stereocenters. The Hall–Kier alpha value is -1.34. The molecule has 1 aromatic rings. The van der Waals surface area contributed by atoms with E-state index in [1.807, 2.05) is 0 Å². The molecule has 0 radical (unpaired) electrons. The molecule has 0 fully saturated rings. The summed E-state index contributed by atoms with van der Waals surface area (Å²) in [4.78, 5) is 13.4. The van der Waals surface area contributed by atoms with Crippen LogP contribution in [0.2, 0.25) is 5.02 Å². The number of nitrogens with one attached hydrogen (secondary N) is 1. The predicted molar refractivity (Wildman–Crippen MR) is 80.7 cm³/mol. The van der Waals surface area contributed by atoms with Crippen molar-refractivity contribution in [1.82, 2.24) is 4.90 Å². The van der Waals surface area contributed by atoms with Gasteiger partial charge >= 0.3 is 6.03 Å². The lowest BCUT2D eigenvalue weighted by Gasteiger charge is -2.19. The van der Waals surface area contributed by atoms with Crippen molar-refractivity contribution in [2.75, 3.05) is 18.4 Å². The zero-order valence-corrected chi connectivity index (χ0v) is 12.1. The van der Waals surface area contributed by atoms with Gasteiger partial charge in [0.1, 0.15) is 4.49 Å². The highest BCUT2D eigenvalue weighted by Crippen LogP contribution is 2.15. The number of terminal acetylenes is 1. The number of carbonyl (C=O) groups excluding carboxylic acids is 1. The van der Waals surface area contributed by atoms with Gasteiger partial charge in [-0.3, -0.25) is 0 Å². The van der Waals surface area contributed by atoms with Crippen LogP contribution in [0.1, 0.15) is 0 Å². The topological polar surface area (TPSA) is 32.3 Å².